The maximum Gasteiger partial charge on any atom is 0.573 e. The summed E-state index contributed by atoms with van der Waals surface area (Å²) in [7, 11) is 0. The summed E-state index contributed by atoms with van der Waals surface area (Å²) in [6, 6.07) is 5.89. The second kappa shape index (κ2) is 7.97. The first-order chi connectivity index (χ1) is 16.6. The van der Waals surface area contributed by atoms with E-state index < -0.39 is 6.36 Å². The Hall–Kier alpha value is -2.06. The van der Waals surface area contributed by atoms with Crippen LogP contribution in [0.1, 0.15) is 62.9 Å². The Morgan fingerprint density at radius 3 is 2.77 bits per heavy atom. The number of anilines is 2. The Bertz CT molecular complexity index is 1180. The van der Waals surface area contributed by atoms with Crippen molar-refractivity contribution in [2.24, 2.45) is 28.6 Å². The molecule has 0 saturated heterocycles. The minimum Gasteiger partial charge on any atom is -0.406 e. The Morgan fingerprint density at radius 1 is 1.14 bits per heavy atom. The van der Waals surface area contributed by atoms with E-state index in [1.807, 2.05) is 0 Å². The lowest BCUT2D eigenvalue weighted by Gasteiger charge is -2.56. The number of hydrogen-bond donors (Lipinski definition) is 2. The van der Waals surface area contributed by atoms with Gasteiger partial charge in [0, 0.05) is 11.8 Å². The van der Waals surface area contributed by atoms with Crippen LogP contribution in [0.5, 0.6) is 5.75 Å². The highest BCUT2D eigenvalue weighted by Gasteiger charge is 2.58. The Morgan fingerprint density at radius 2 is 1.97 bits per heavy atom. The zero-order chi connectivity index (χ0) is 24.6. The highest BCUT2D eigenvalue weighted by Crippen LogP contribution is 2.66. The molecule has 2 fully saturated rings. The zero-order valence-corrected chi connectivity index (χ0v) is 20.8. The molecule has 0 unspecified atom stereocenters. The normalized spacial score (nSPS) is 35.9. The molecule has 0 bridgehead atoms. The molecular formula is C27H31F3N2O2S. The Balaban J connectivity index is 1.27. The van der Waals surface area contributed by atoms with E-state index in [1.165, 1.54) is 28.6 Å². The third-order valence-electron chi connectivity index (χ3n) is 9.56. The van der Waals surface area contributed by atoms with Crippen LogP contribution < -0.4 is 10.1 Å². The number of nitrogens with zero attached hydrogens (tertiary/aromatic N) is 1. The molecule has 4 aliphatic carbocycles. The van der Waals surface area contributed by atoms with Crippen LogP contribution in [0.3, 0.4) is 0 Å². The Labute approximate surface area is 207 Å². The van der Waals surface area contributed by atoms with Gasteiger partial charge in [0.1, 0.15) is 5.75 Å². The second-order valence-corrected chi connectivity index (χ2v) is 12.3. The molecule has 2 N–H and O–H groups in total. The lowest BCUT2D eigenvalue weighted by Crippen LogP contribution is -2.50. The van der Waals surface area contributed by atoms with Crippen molar-refractivity contribution < 1.29 is 23.0 Å². The van der Waals surface area contributed by atoms with Gasteiger partial charge in [0.2, 0.25) is 0 Å². The van der Waals surface area contributed by atoms with Crippen molar-refractivity contribution in [2.45, 2.75) is 71.3 Å². The molecule has 0 amide bonds. The highest BCUT2D eigenvalue weighted by molar-refractivity contribution is 7.16. The number of aryl methyl sites for hydroxylation is 1. The number of ether oxygens (including phenoxy) is 1. The van der Waals surface area contributed by atoms with Gasteiger partial charge in [0.15, 0.2) is 5.13 Å². The molecule has 1 aromatic carbocycles. The molecule has 35 heavy (non-hydrogen) atoms. The maximum atomic E-state index is 12.6. The molecule has 4 aliphatic rings. The molecule has 1 heterocycles. The van der Waals surface area contributed by atoms with Gasteiger partial charge >= 0.3 is 6.36 Å². The average molecular weight is 505 g/mol. The largest absolute Gasteiger partial charge is 0.573 e. The molecule has 2 aromatic rings. The smallest absolute Gasteiger partial charge is 0.406 e. The lowest BCUT2D eigenvalue weighted by molar-refractivity contribution is -0.274. The summed E-state index contributed by atoms with van der Waals surface area (Å²) < 4.78 is 41.9. The van der Waals surface area contributed by atoms with Crippen LogP contribution in [0.2, 0.25) is 0 Å². The van der Waals surface area contributed by atoms with Gasteiger partial charge in [-0.25, -0.2) is 4.98 Å². The van der Waals surface area contributed by atoms with Gasteiger partial charge < -0.3 is 15.2 Å². The van der Waals surface area contributed by atoms with Crippen LogP contribution in [-0.2, 0) is 6.42 Å². The first kappa shape index (κ1) is 23.3. The van der Waals surface area contributed by atoms with E-state index in [-0.39, 0.29) is 22.7 Å². The SMILES string of the molecule is C[C@]12CC[C@H]3[C@@H](CC=C4c5sc(Nc6cccc(OC(F)(F)F)c6)nc5CC[C@@]43C)[C@@H]1CC[C@@H]2O. The third kappa shape index (κ3) is 3.79. The van der Waals surface area contributed by atoms with E-state index in [1.54, 1.807) is 17.4 Å². The zero-order valence-electron chi connectivity index (χ0n) is 20.0. The number of benzene rings is 1. The van der Waals surface area contributed by atoms with Crippen molar-refractivity contribution in [1.82, 2.24) is 4.98 Å². The summed E-state index contributed by atoms with van der Waals surface area (Å²) in [6.07, 6.45) is 4.91. The molecule has 188 valence electrons. The third-order valence-corrected chi connectivity index (χ3v) is 10.6. The molecule has 8 heteroatoms. The summed E-state index contributed by atoms with van der Waals surface area (Å²) >= 11 is 1.60. The molecule has 4 nitrogen and oxygen atoms in total. The number of allylic oxidation sites excluding steroid dienone is 2. The van der Waals surface area contributed by atoms with Crippen LogP contribution in [-0.4, -0.2) is 22.6 Å². The van der Waals surface area contributed by atoms with Crippen LogP contribution in [0.15, 0.2) is 30.3 Å². The topological polar surface area (TPSA) is 54.4 Å². The first-order valence-electron chi connectivity index (χ1n) is 12.6. The summed E-state index contributed by atoms with van der Waals surface area (Å²) in [4.78, 5) is 6.05. The van der Waals surface area contributed by atoms with Crippen molar-refractivity contribution in [3.63, 3.8) is 0 Å². The minimum atomic E-state index is -4.72. The quantitative estimate of drug-likeness (QED) is 0.460. The number of thiazole rings is 1. The molecule has 6 rings (SSSR count). The van der Waals surface area contributed by atoms with Gasteiger partial charge in [-0.3, -0.25) is 0 Å². The number of aliphatic hydroxyl groups is 1. The highest BCUT2D eigenvalue weighted by atomic mass is 32.1. The van der Waals surface area contributed by atoms with E-state index in [9.17, 15) is 18.3 Å². The number of halogens is 3. The van der Waals surface area contributed by atoms with Crippen molar-refractivity contribution >= 4 is 27.7 Å². The fourth-order valence-corrected chi connectivity index (χ4v) is 9.01. The maximum absolute atomic E-state index is 12.6. The van der Waals surface area contributed by atoms with Gasteiger partial charge in [0.25, 0.3) is 0 Å². The average Bonchev–Trinajstić information content (AvgIpc) is 3.32. The van der Waals surface area contributed by atoms with Crippen LogP contribution >= 0.6 is 11.3 Å². The number of aromatic nitrogens is 1. The lowest BCUT2D eigenvalue weighted by atomic mass is 9.48. The van der Waals surface area contributed by atoms with E-state index >= 15 is 0 Å². The predicted molar refractivity (Wildman–Crippen MR) is 131 cm³/mol. The van der Waals surface area contributed by atoms with Crippen LogP contribution in [0.25, 0.3) is 5.57 Å². The van der Waals surface area contributed by atoms with Gasteiger partial charge in [-0.15, -0.1) is 13.2 Å². The van der Waals surface area contributed by atoms with Crippen molar-refractivity contribution in [1.29, 1.82) is 0 Å². The van der Waals surface area contributed by atoms with Crippen LogP contribution in [0, 0.1) is 28.6 Å². The van der Waals surface area contributed by atoms with Crippen molar-refractivity contribution in [2.75, 3.05) is 5.32 Å². The number of rotatable bonds is 3. The number of aliphatic hydroxyl groups excluding tert-OH is 1. The van der Waals surface area contributed by atoms with Gasteiger partial charge in [-0.05, 0) is 91.2 Å². The van der Waals surface area contributed by atoms with Crippen LogP contribution in [0.4, 0.5) is 24.0 Å². The molecule has 2 saturated carbocycles. The van der Waals surface area contributed by atoms with Crippen molar-refractivity contribution in [3.8, 4) is 5.75 Å². The number of alkyl halides is 3. The van der Waals surface area contributed by atoms with E-state index in [2.05, 4.69) is 30.0 Å². The number of fused-ring (bicyclic) bond motifs is 7. The van der Waals surface area contributed by atoms with Gasteiger partial charge in [-0.2, -0.15) is 0 Å². The van der Waals surface area contributed by atoms with E-state index in [0.29, 0.717) is 28.6 Å². The van der Waals surface area contributed by atoms with E-state index in [0.717, 1.165) is 50.6 Å². The Kier molecular flexibility index (Phi) is 5.32. The van der Waals surface area contributed by atoms with Gasteiger partial charge in [0.05, 0.1) is 16.7 Å². The number of hydrogen-bond acceptors (Lipinski definition) is 5. The summed E-state index contributed by atoms with van der Waals surface area (Å²) in [5.74, 6) is 1.59. The molecular weight excluding hydrogens is 473 g/mol. The van der Waals surface area contributed by atoms with E-state index in [4.69, 9.17) is 4.98 Å². The summed E-state index contributed by atoms with van der Waals surface area (Å²) in [5, 5.41) is 14.6. The van der Waals surface area contributed by atoms with Crippen molar-refractivity contribution in [3.05, 3.63) is 40.9 Å². The van der Waals surface area contributed by atoms with Gasteiger partial charge in [-0.1, -0.05) is 37.3 Å². The molecule has 0 spiro atoms. The number of nitrogens with one attached hydrogen (secondary N) is 1. The fourth-order valence-electron chi connectivity index (χ4n) is 7.80. The summed E-state index contributed by atoms with van der Waals surface area (Å²) in [6.45, 7) is 4.74. The molecule has 0 radical (unpaired) electrons. The fraction of sp³-hybridized carbons (Fsp3) is 0.593. The molecule has 6 atom stereocenters. The first-order valence-corrected chi connectivity index (χ1v) is 13.4. The predicted octanol–water partition coefficient (Wildman–Crippen LogP) is 7.33. The second-order valence-electron chi connectivity index (χ2n) is 11.3. The summed E-state index contributed by atoms with van der Waals surface area (Å²) in [5.41, 5.74) is 3.18. The minimum absolute atomic E-state index is 0.0641. The molecule has 1 aromatic heterocycles. The standard InChI is InChI=1S/C27H31F3N2O2S/c1-25-13-11-21-23(35-24(32-21)31-15-4-3-5-16(14-15)34-27(28,29)30)20(25)7-6-17-18-8-9-22(33)26(18,2)12-10-19(17)25/h3-5,7,14,17-19,22,33H,6,8-13H2,1-2H3,(H,31,32)/t17-,18-,19-,22-,25+,26-/m0/s1. The monoisotopic (exact) mass is 504 g/mol. The molecule has 0 aliphatic heterocycles.